The Kier molecular flexibility index (Phi) is 8.00. The van der Waals surface area contributed by atoms with Gasteiger partial charge in [0.2, 0.25) is 5.91 Å². The number of ketones is 1. The van der Waals surface area contributed by atoms with Gasteiger partial charge < -0.3 is 15.2 Å². The quantitative estimate of drug-likeness (QED) is 0.564. The van der Waals surface area contributed by atoms with E-state index < -0.39 is 48.9 Å². The number of hydrogen-bond acceptors (Lipinski definition) is 5. The SMILES string of the molecule is O=C(O)CC(C(=O)CF)C(=O)NC1CCc2ccccc2N1C(=O)OCc1ccc(Cl)cc1. The number of Topliss-reactive ketones (excluding diaryl/α,β-unsaturated/α-hetero) is 1. The number of aryl methyl sites for hydroxylation is 1. The van der Waals surface area contributed by atoms with Crippen LogP contribution in [0.3, 0.4) is 0 Å². The molecule has 8 nitrogen and oxygen atoms in total. The van der Waals surface area contributed by atoms with Crippen LogP contribution in [0.15, 0.2) is 48.5 Å². The minimum Gasteiger partial charge on any atom is -0.481 e. The number of benzene rings is 2. The number of ether oxygens (including phenoxy) is 1. The van der Waals surface area contributed by atoms with E-state index in [9.17, 15) is 23.6 Å². The number of carbonyl (C=O) groups excluding carboxylic acids is 3. The van der Waals surface area contributed by atoms with Gasteiger partial charge in [-0.05, 0) is 42.2 Å². The Morgan fingerprint density at radius 2 is 1.85 bits per heavy atom. The zero-order valence-electron chi connectivity index (χ0n) is 17.5. The number of halogens is 2. The number of hydrogen-bond donors (Lipinski definition) is 2. The maximum Gasteiger partial charge on any atom is 0.416 e. The summed E-state index contributed by atoms with van der Waals surface area (Å²) in [7, 11) is 0. The highest BCUT2D eigenvalue weighted by atomic mass is 35.5. The summed E-state index contributed by atoms with van der Waals surface area (Å²) in [6, 6.07) is 13.8. The number of rotatable bonds is 8. The number of alkyl halides is 1. The van der Waals surface area contributed by atoms with E-state index >= 15 is 0 Å². The Morgan fingerprint density at radius 3 is 2.52 bits per heavy atom. The maximum atomic E-state index is 13.0. The van der Waals surface area contributed by atoms with E-state index in [0.29, 0.717) is 29.1 Å². The molecule has 0 saturated heterocycles. The molecule has 2 unspecified atom stereocenters. The molecule has 0 saturated carbocycles. The zero-order valence-corrected chi connectivity index (χ0v) is 18.3. The normalized spacial score (nSPS) is 15.8. The molecule has 2 aromatic carbocycles. The fourth-order valence-corrected chi connectivity index (χ4v) is 3.72. The molecule has 3 rings (SSSR count). The van der Waals surface area contributed by atoms with E-state index in [-0.39, 0.29) is 6.61 Å². The predicted molar refractivity (Wildman–Crippen MR) is 118 cm³/mol. The third-order valence-electron chi connectivity index (χ3n) is 5.25. The summed E-state index contributed by atoms with van der Waals surface area (Å²) in [4.78, 5) is 49.8. The highest BCUT2D eigenvalue weighted by Gasteiger charge is 2.36. The van der Waals surface area contributed by atoms with Gasteiger partial charge in [-0.25, -0.2) is 9.18 Å². The maximum absolute atomic E-state index is 13.0. The van der Waals surface area contributed by atoms with Crippen molar-refractivity contribution < 1.29 is 33.4 Å². The Labute approximate surface area is 194 Å². The Balaban J connectivity index is 1.81. The van der Waals surface area contributed by atoms with E-state index in [0.717, 1.165) is 5.56 Å². The molecule has 0 aromatic heterocycles. The Bertz CT molecular complexity index is 1050. The molecule has 10 heteroatoms. The first-order valence-corrected chi connectivity index (χ1v) is 10.6. The fraction of sp³-hybridized carbons (Fsp3) is 0.304. The second-order valence-corrected chi connectivity index (χ2v) is 7.93. The molecule has 1 aliphatic heterocycles. The van der Waals surface area contributed by atoms with Crippen LogP contribution in [0.2, 0.25) is 5.02 Å². The molecule has 0 fully saturated rings. The van der Waals surface area contributed by atoms with Crippen molar-refractivity contribution in [2.75, 3.05) is 11.6 Å². The van der Waals surface area contributed by atoms with E-state index in [1.165, 1.54) is 4.90 Å². The molecular weight excluding hydrogens is 455 g/mol. The first-order chi connectivity index (χ1) is 15.8. The number of carbonyl (C=O) groups is 4. The van der Waals surface area contributed by atoms with Crippen LogP contribution in [0.25, 0.3) is 0 Å². The van der Waals surface area contributed by atoms with Crippen LogP contribution in [0.1, 0.15) is 24.0 Å². The minimum absolute atomic E-state index is 0.0443. The van der Waals surface area contributed by atoms with Crippen molar-refractivity contribution in [1.82, 2.24) is 5.32 Å². The molecule has 33 heavy (non-hydrogen) atoms. The molecule has 2 aromatic rings. The number of carboxylic acids is 1. The van der Waals surface area contributed by atoms with Gasteiger partial charge in [-0.1, -0.05) is 41.9 Å². The molecule has 0 aliphatic carbocycles. The highest BCUT2D eigenvalue weighted by Crippen LogP contribution is 2.31. The van der Waals surface area contributed by atoms with E-state index in [1.807, 2.05) is 12.1 Å². The number of fused-ring (bicyclic) bond motifs is 1. The van der Waals surface area contributed by atoms with Crippen LogP contribution < -0.4 is 10.2 Å². The fourth-order valence-electron chi connectivity index (χ4n) is 3.59. The van der Waals surface area contributed by atoms with Crippen molar-refractivity contribution >= 4 is 41.0 Å². The predicted octanol–water partition coefficient (Wildman–Crippen LogP) is 3.50. The van der Waals surface area contributed by atoms with Gasteiger partial charge in [-0.3, -0.25) is 19.3 Å². The summed E-state index contributed by atoms with van der Waals surface area (Å²) in [6.45, 7) is -1.51. The molecule has 2 amide bonds. The van der Waals surface area contributed by atoms with Crippen molar-refractivity contribution in [1.29, 1.82) is 0 Å². The lowest BCUT2D eigenvalue weighted by molar-refractivity contribution is -0.145. The average molecular weight is 477 g/mol. The summed E-state index contributed by atoms with van der Waals surface area (Å²) in [5.74, 6) is -5.20. The number of nitrogens with one attached hydrogen (secondary N) is 1. The lowest BCUT2D eigenvalue weighted by Crippen LogP contribution is -2.55. The number of anilines is 1. The first kappa shape index (κ1) is 24.2. The standard InChI is InChI=1S/C23H22ClFN2O6/c24-16-8-5-14(6-9-16)13-33-23(32)27-18-4-2-1-3-15(18)7-10-20(27)26-22(31)17(11-21(29)30)19(28)12-25/h1-6,8-9,17,20H,7,10-13H2,(H,26,31)(H,29,30). The largest absolute Gasteiger partial charge is 0.481 e. The minimum atomic E-state index is -1.70. The monoisotopic (exact) mass is 476 g/mol. The van der Waals surface area contributed by atoms with Gasteiger partial charge in [0.05, 0.1) is 12.1 Å². The second-order valence-electron chi connectivity index (χ2n) is 7.49. The summed E-state index contributed by atoms with van der Waals surface area (Å²) in [5, 5.41) is 12.1. The number of nitrogens with zero attached hydrogens (tertiary/aromatic N) is 1. The summed E-state index contributed by atoms with van der Waals surface area (Å²) in [5.41, 5.74) is 2.07. The third-order valence-corrected chi connectivity index (χ3v) is 5.50. The van der Waals surface area contributed by atoms with Crippen molar-refractivity contribution in [2.45, 2.75) is 32.0 Å². The van der Waals surface area contributed by atoms with Gasteiger partial charge in [0, 0.05) is 5.02 Å². The lowest BCUT2D eigenvalue weighted by Gasteiger charge is -2.37. The molecule has 1 aliphatic rings. The van der Waals surface area contributed by atoms with Crippen LogP contribution in [0.5, 0.6) is 0 Å². The first-order valence-electron chi connectivity index (χ1n) is 10.2. The highest BCUT2D eigenvalue weighted by molar-refractivity contribution is 6.30. The molecule has 2 N–H and O–H groups in total. The van der Waals surface area contributed by atoms with E-state index in [4.69, 9.17) is 21.4 Å². The molecule has 1 heterocycles. The molecular formula is C23H22ClFN2O6. The van der Waals surface area contributed by atoms with Gasteiger partial charge in [0.25, 0.3) is 0 Å². The summed E-state index contributed by atoms with van der Waals surface area (Å²) < 4.78 is 18.3. The zero-order chi connectivity index (χ0) is 24.0. The van der Waals surface area contributed by atoms with Gasteiger partial charge in [0.15, 0.2) is 5.78 Å². The lowest BCUT2D eigenvalue weighted by atomic mass is 9.97. The summed E-state index contributed by atoms with van der Waals surface area (Å²) in [6.07, 6.45) is -1.69. The van der Waals surface area contributed by atoms with Crippen LogP contribution >= 0.6 is 11.6 Å². The van der Waals surface area contributed by atoms with Crippen molar-refractivity contribution in [2.24, 2.45) is 5.92 Å². The van der Waals surface area contributed by atoms with Gasteiger partial charge in [-0.15, -0.1) is 0 Å². The van der Waals surface area contributed by atoms with Crippen LogP contribution in [-0.4, -0.2) is 41.7 Å². The molecule has 0 bridgehead atoms. The number of amides is 2. The smallest absolute Gasteiger partial charge is 0.416 e. The van der Waals surface area contributed by atoms with Crippen molar-refractivity contribution in [3.63, 3.8) is 0 Å². The second kappa shape index (κ2) is 10.9. The van der Waals surface area contributed by atoms with Gasteiger partial charge in [0.1, 0.15) is 25.4 Å². The number of carboxylic acid groups (broad SMARTS) is 1. The van der Waals surface area contributed by atoms with Crippen molar-refractivity contribution in [3.8, 4) is 0 Å². The Morgan fingerprint density at radius 1 is 1.15 bits per heavy atom. The van der Waals surface area contributed by atoms with Crippen LogP contribution in [-0.2, 0) is 32.1 Å². The van der Waals surface area contributed by atoms with Gasteiger partial charge in [-0.2, -0.15) is 0 Å². The third kappa shape index (κ3) is 6.07. The van der Waals surface area contributed by atoms with E-state index in [1.54, 1.807) is 36.4 Å². The average Bonchev–Trinajstić information content (AvgIpc) is 2.81. The van der Waals surface area contributed by atoms with Crippen LogP contribution in [0, 0.1) is 5.92 Å². The number of aliphatic carboxylic acids is 1. The van der Waals surface area contributed by atoms with Crippen LogP contribution in [0.4, 0.5) is 14.9 Å². The van der Waals surface area contributed by atoms with Crippen molar-refractivity contribution in [3.05, 3.63) is 64.7 Å². The van der Waals surface area contributed by atoms with E-state index in [2.05, 4.69) is 5.32 Å². The molecule has 174 valence electrons. The Hall–Kier alpha value is -3.46. The van der Waals surface area contributed by atoms with Gasteiger partial charge >= 0.3 is 12.1 Å². The summed E-state index contributed by atoms with van der Waals surface area (Å²) >= 11 is 5.87. The molecule has 0 spiro atoms. The molecule has 2 atom stereocenters. The topological polar surface area (TPSA) is 113 Å². The number of para-hydroxylation sites is 1. The molecule has 0 radical (unpaired) electrons.